The fourth-order valence-electron chi connectivity index (χ4n) is 2.46. The largest absolute Gasteiger partial charge is 0.342 e. The molecule has 0 aliphatic carbocycles. The molecule has 0 aliphatic heterocycles. The first-order valence-electron chi connectivity index (χ1n) is 8.01. The smallest absolute Gasteiger partial charge is 0.108 e. The predicted molar refractivity (Wildman–Crippen MR) is 86.2 cm³/mol. The van der Waals surface area contributed by atoms with Crippen LogP contribution in [-0.2, 0) is 12.8 Å². The number of nitrogens with zero attached hydrogens (tertiary/aromatic N) is 1. The molecule has 0 aliphatic rings. The number of aryl methyl sites for hydroxylation is 1. The van der Waals surface area contributed by atoms with Crippen LogP contribution in [0.15, 0.2) is 18.2 Å². The molecule has 20 heavy (non-hydrogen) atoms. The molecule has 0 fully saturated rings. The molecule has 0 atom stereocenters. The van der Waals surface area contributed by atoms with Crippen LogP contribution in [0, 0.1) is 0 Å². The van der Waals surface area contributed by atoms with Gasteiger partial charge in [0.15, 0.2) is 0 Å². The maximum absolute atomic E-state index is 4.64. The number of aromatic amines is 1. The number of hydrogen-bond acceptors (Lipinski definition) is 2. The number of rotatable bonds is 9. The molecule has 0 spiro atoms. The lowest BCUT2D eigenvalue weighted by atomic mass is 10.1. The van der Waals surface area contributed by atoms with E-state index in [9.17, 15) is 0 Å². The third-order valence-electron chi connectivity index (χ3n) is 3.75. The third kappa shape index (κ3) is 4.34. The molecule has 1 heterocycles. The zero-order chi connectivity index (χ0) is 14.2. The summed E-state index contributed by atoms with van der Waals surface area (Å²) in [4.78, 5) is 8.07. The predicted octanol–water partition coefficient (Wildman–Crippen LogP) is 3.84. The van der Waals surface area contributed by atoms with Crippen molar-refractivity contribution >= 4 is 11.0 Å². The fraction of sp³-hybridized carbons (Fsp3) is 0.588. The minimum absolute atomic E-state index is 0.976. The van der Waals surface area contributed by atoms with Gasteiger partial charge in [0, 0.05) is 13.0 Å². The minimum Gasteiger partial charge on any atom is -0.342 e. The Morgan fingerprint density at radius 3 is 2.80 bits per heavy atom. The van der Waals surface area contributed by atoms with Crippen molar-refractivity contribution in [2.24, 2.45) is 0 Å². The van der Waals surface area contributed by atoms with Crippen molar-refractivity contribution in [3.8, 4) is 0 Å². The molecule has 0 saturated heterocycles. The maximum Gasteiger partial charge on any atom is 0.108 e. The Morgan fingerprint density at radius 2 is 2.00 bits per heavy atom. The summed E-state index contributed by atoms with van der Waals surface area (Å²) in [6.45, 7) is 6.56. The second kappa shape index (κ2) is 8.05. The third-order valence-corrected chi connectivity index (χ3v) is 3.75. The molecule has 0 saturated carbocycles. The van der Waals surface area contributed by atoms with E-state index in [0.717, 1.165) is 37.3 Å². The molecule has 1 aromatic carbocycles. The van der Waals surface area contributed by atoms with E-state index in [1.54, 1.807) is 0 Å². The SMILES string of the molecule is CCCCCCNCCc1nc2ccc(CC)cc2[nH]1. The van der Waals surface area contributed by atoms with Gasteiger partial charge in [-0.15, -0.1) is 0 Å². The van der Waals surface area contributed by atoms with Crippen molar-refractivity contribution in [2.45, 2.75) is 52.4 Å². The maximum atomic E-state index is 4.64. The summed E-state index contributed by atoms with van der Waals surface area (Å²) in [6.07, 6.45) is 7.33. The molecular weight excluding hydrogens is 246 g/mol. The number of H-pyrrole nitrogens is 1. The highest BCUT2D eigenvalue weighted by molar-refractivity contribution is 5.75. The number of hydrogen-bond donors (Lipinski definition) is 2. The molecule has 110 valence electrons. The van der Waals surface area contributed by atoms with E-state index >= 15 is 0 Å². The molecule has 3 nitrogen and oxygen atoms in total. The monoisotopic (exact) mass is 273 g/mol. The molecule has 2 rings (SSSR count). The molecule has 3 heteroatoms. The number of benzene rings is 1. The Kier molecular flexibility index (Phi) is 6.06. The molecule has 2 aromatic rings. The number of fused-ring (bicyclic) bond motifs is 1. The van der Waals surface area contributed by atoms with Crippen LogP contribution in [0.5, 0.6) is 0 Å². The topological polar surface area (TPSA) is 40.7 Å². The van der Waals surface area contributed by atoms with Gasteiger partial charge in [-0.05, 0) is 37.1 Å². The average molecular weight is 273 g/mol. The van der Waals surface area contributed by atoms with Crippen molar-refractivity contribution in [3.63, 3.8) is 0 Å². The molecule has 1 aromatic heterocycles. The first kappa shape index (κ1) is 15.0. The van der Waals surface area contributed by atoms with E-state index < -0.39 is 0 Å². The van der Waals surface area contributed by atoms with Gasteiger partial charge in [-0.1, -0.05) is 39.2 Å². The van der Waals surface area contributed by atoms with Crippen molar-refractivity contribution in [2.75, 3.05) is 13.1 Å². The summed E-state index contributed by atoms with van der Waals surface area (Å²) in [5.41, 5.74) is 3.61. The van der Waals surface area contributed by atoms with Gasteiger partial charge in [0.25, 0.3) is 0 Å². The molecular formula is C17H27N3. The quantitative estimate of drug-likeness (QED) is 0.682. The van der Waals surface area contributed by atoms with E-state index in [0.29, 0.717) is 0 Å². The van der Waals surface area contributed by atoms with E-state index in [2.05, 4.69) is 47.3 Å². The first-order chi connectivity index (χ1) is 9.83. The van der Waals surface area contributed by atoms with E-state index in [1.807, 2.05) is 0 Å². The Balaban J connectivity index is 1.76. The fourth-order valence-corrected chi connectivity index (χ4v) is 2.46. The number of unbranched alkanes of at least 4 members (excludes halogenated alkanes) is 3. The Labute approximate surface area is 122 Å². The van der Waals surface area contributed by atoms with Gasteiger partial charge in [-0.2, -0.15) is 0 Å². The molecule has 0 unspecified atom stereocenters. The summed E-state index contributed by atoms with van der Waals surface area (Å²) in [7, 11) is 0. The van der Waals surface area contributed by atoms with Gasteiger partial charge in [0.05, 0.1) is 11.0 Å². The van der Waals surface area contributed by atoms with E-state index in [-0.39, 0.29) is 0 Å². The number of imidazole rings is 1. The van der Waals surface area contributed by atoms with Gasteiger partial charge >= 0.3 is 0 Å². The summed E-state index contributed by atoms with van der Waals surface area (Å²) < 4.78 is 0. The first-order valence-corrected chi connectivity index (χ1v) is 8.01. The van der Waals surface area contributed by atoms with Crippen LogP contribution in [0.25, 0.3) is 11.0 Å². The van der Waals surface area contributed by atoms with Crippen molar-refractivity contribution in [1.82, 2.24) is 15.3 Å². The standard InChI is InChI=1S/C17H27N3/c1-3-5-6-7-11-18-12-10-17-19-15-9-8-14(4-2)13-16(15)20-17/h8-9,13,18H,3-7,10-12H2,1-2H3,(H,19,20). The van der Waals surface area contributed by atoms with Crippen LogP contribution >= 0.6 is 0 Å². The second-order valence-corrected chi connectivity index (χ2v) is 5.45. The van der Waals surface area contributed by atoms with E-state index in [1.165, 1.54) is 36.8 Å². The highest BCUT2D eigenvalue weighted by Gasteiger charge is 2.03. The van der Waals surface area contributed by atoms with Crippen molar-refractivity contribution < 1.29 is 0 Å². The van der Waals surface area contributed by atoms with Crippen LogP contribution in [0.1, 0.15) is 50.9 Å². The normalized spacial score (nSPS) is 11.3. The molecule has 2 N–H and O–H groups in total. The van der Waals surface area contributed by atoms with Crippen LogP contribution in [0.2, 0.25) is 0 Å². The number of nitrogens with one attached hydrogen (secondary N) is 2. The second-order valence-electron chi connectivity index (χ2n) is 5.45. The van der Waals surface area contributed by atoms with Crippen LogP contribution in [0.4, 0.5) is 0 Å². The number of aromatic nitrogens is 2. The summed E-state index contributed by atoms with van der Waals surface area (Å²) in [5.74, 6) is 1.09. The van der Waals surface area contributed by atoms with Gasteiger partial charge in [0.1, 0.15) is 5.82 Å². The van der Waals surface area contributed by atoms with Gasteiger partial charge < -0.3 is 10.3 Å². The van der Waals surface area contributed by atoms with E-state index in [4.69, 9.17) is 0 Å². The van der Waals surface area contributed by atoms with Gasteiger partial charge in [0.2, 0.25) is 0 Å². The lowest BCUT2D eigenvalue weighted by Gasteiger charge is -2.02. The summed E-state index contributed by atoms with van der Waals surface area (Å²) in [6, 6.07) is 6.50. The molecule has 0 bridgehead atoms. The Morgan fingerprint density at radius 1 is 1.10 bits per heavy atom. The van der Waals surface area contributed by atoms with Crippen LogP contribution in [0.3, 0.4) is 0 Å². The van der Waals surface area contributed by atoms with Crippen molar-refractivity contribution in [3.05, 3.63) is 29.6 Å². The zero-order valence-electron chi connectivity index (χ0n) is 12.8. The zero-order valence-corrected chi connectivity index (χ0v) is 12.8. The Hall–Kier alpha value is -1.35. The average Bonchev–Trinajstić information content (AvgIpc) is 2.87. The van der Waals surface area contributed by atoms with Gasteiger partial charge in [-0.25, -0.2) is 4.98 Å². The lowest BCUT2D eigenvalue weighted by Crippen LogP contribution is -2.18. The van der Waals surface area contributed by atoms with Crippen LogP contribution < -0.4 is 5.32 Å². The van der Waals surface area contributed by atoms with Crippen LogP contribution in [-0.4, -0.2) is 23.1 Å². The Bertz CT molecular complexity index is 516. The van der Waals surface area contributed by atoms with Gasteiger partial charge in [-0.3, -0.25) is 0 Å². The minimum atomic E-state index is 0.976. The molecule has 0 amide bonds. The summed E-state index contributed by atoms with van der Waals surface area (Å²) in [5, 5.41) is 3.50. The molecule has 0 radical (unpaired) electrons. The highest BCUT2D eigenvalue weighted by atomic mass is 14.9. The summed E-state index contributed by atoms with van der Waals surface area (Å²) >= 11 is 0. The lowest BCUT2D eigenvalue weighted by molar-refractivity contribution is 0.595. The highest BCUT2D eigenvalue weighted by Crippen LogP contribution is 2.14. The van der Waals surface area contributed by atoms with Crippen molar-refractivity contribution in [1.29, 1.82) is 0 Å².